The fourth-order valence-corrected chi connectivity index (χ4v) is 2.14. The van der Waals surface area contributed by atoms with Gasteiger partial charge in [-0.1, -0.05) is 6.07 Å². The van der Waals surface area contributed by atoms with Crippen molar-refractivity contribution in [3.63, 3.8) is 0 Å². The molecule has 70 valence electrons. The maximum Gasteiger partial charge on any atom is 1.00 e. The van der Waals surface area contributed by atoms with Crippen LogP contribution in [0.4, 0.5) is 0 Å². The van der Waals surface area contributed by atoms with Crippen molar-refractivity contribution in [2.45, 2.75) is 12.8 Å². The third-order valence-corrected chi connectivity index (χ3v) is 3.15. The van der Waals surface area contributed by atoms with Crippen molar-refractivity contribution in [2.24, 2.45) is 0 Å². The molecular formula is C7H11NaO3S2. The van der Waals surface area contributed by atoms with Crippen LogP contribution < -0.4 is 29.6 Å². The van der Waals surface area contributed by atoms with Crippen LogP contribution in [0.1, 0.15) is 12.7 Å². The van der Waals surface area contributed by atoms with Crippen molar-refractivity contribution in [2.75, 3.05) is 5.75 Å². The third kappa shape index (κ3) is 6.65. The van der Waals surface area contributed by atoms with Crippen molar-refractivity contribution >= 4 is 21.5 Å². The Morgan fingerprint density at radius 1 is 1.54 bits per heavy atom. The predicted molar refractivity (Wildman–Crippen MR) is 50.2 cm³/mol. The van der Waals surface area contributed by atoms with Crippen LogP contribution in [0.2, 0.25) is 0 Å². The Balaban J connectivity index is 0. The summed E-state index contributed by atoms with van der Waals surface area (Å²) in [7, 11) is -3.77. The van der Waals surface area contributed by atoms with E-state index in [-0.39, 0.29) is 36.7 Å². The van der Waals surface area contributed by atoms with E-state index in [4.69, 9.17) is 4.55 Å². The third-order valence-electron chi connectivity index (χ3n) is 1.41. The van der Waals surface area contributed by atoms with Gasteiger partial charge in [0, 0.05) is 4.88 Å². The second-order valence-corrected chi connectivity index (χ2v) is 5.07. The summed E-state index contributed by atoms with van der Waals surface area (Å²) >= 11 is 1.60. The van der Waals surface area contributed by atoms with Crippen molar-refractivity contribution in [1.29, 1.82) is 0 Å². The van der Waals surface area contributed by atoms with Crippen LogP contribution in [0.3, 0.4) is 0 Å². The molecule has 0 aliphatic carbocycles. The maximum absolute atomic E-state index is 10.3. The van der Waals surface area contributed by atoms with E-state index < -0.39 is 10.1 Å². The van der Waals surface area contributed by atoms with Crippen molar-refractivity contribution < 1.29 is 44.0 Å². The molecule has 13 heavy (non-hydrogen) atoms. The SMILES string of the molecule is O=S(=O)(O)CCCc1cccs1.[H-].[Na+]. The average molecular weight is 230 g/mol. The summed E-state index contributed by atoms with van der Waals surface area (Å²) in [4.78, 5) is 1.15. The summed E-state index contributed by atoms with van der Waals surface area (Å²) in [5.74, 6) is -0.148. The molecule has 1 aromatic heterocycles. The molecular weight excluding hydrogens is 219 g/mol. The van der Waals surface area contributed by atoms with Crippen LogP contribution in [-0.2, 0) is 16.5 Å². The van der Waals surface area contributed by atoms with Crippen LogP contribution in [0.25, 0.3) is 0 Å². The van der Waals surface area contributed by atoms with Crippen molar-refractivity contribution in [3.05, 3.63) is 22.4 Å². The first-order valence-electron chi connectivity index (χ1n) is 3.55. The normalized spacial score (nSPS) is 10.8. The molecule has 1 N–H and O–H groups in total. The zero-order valence-corrected chi connectivity index (χ0v) is 11.1. The topological polar surface area (TPSA) is 54.4 Å². The first-order valence-corrected chi connectivity index (χ1v) is 6.04. The Labute approximate surface area is 106 Å². The molecule has 1 rings (SSSR count). The van der Waals surface area contributed by atoms with Gasteiger partial charge in [0.1, 0.15) is 0 Å². The zero-order chi connectivity index (χ0) is 9.03. The van der Waals surface area contributed by atoms with Gasteiger partial charge in [-0.05, 0) is 24.3 Å². The van der Waals surface area contributed by atoms with Crippen LogP contribution in [-0.4, -0.2) is 18.7 Å². The predicted octanol–water partition coefficient (Wildman–Crippen LogP) is -1.31. The minimum atomic E-state index is -3.77. The molecule has 0 fully saturated rings. The number of thiophene rings is 1. The van der Waals surface area contributed by atoms with Gasteiger partial charge in [-0.15, -0.1) is 11.3 Å². The molecule has 0 radical (unpaired) electrons. The van der Waals surface area contributed by atoms with E-state index in [0.29, 0.717) is 6.42 Å². The largest absolute Gasteiger partial charge is 1.00 e. The van der Waals surface area contributed by atoms with Gasteiger partial charge in [-0.3, -0.25) is 4.55 Å². The Bertz CT molecular complexity index is 323. The quantitative estimate of drug-likeness (QED) is 0.516. The smallest absolute Gasteiger partial charge is 1.00 e. The van der Waals surface area contributed by atoms with Crippen molar-refractivity contribution in [3.8, 4) is 0 Å². The van der Waals surface area contributed by atoms with E-state index in [1.54, 1.807) is 11.3 Å². The van der Waals surface area contributed by atoms with E-state index in [1.165, 1.54) is 0 Å². The number of hydrogen-bond acceptors (Lipinski definition) is 3. The van der Waals surface area contributed by atoms with E-state index in [0.717, 1.165) is 11.3 Å². The summed E-state index contributed by atoms with van der Waals surface area (Å²) in [5, 5.41) is 1.95. The number of aryl methyl sites for hydroxylation is 1. The first-order chi connectivity index (χ1) is 5.58. The standard InChI is InChI=1S/C7H10O3S2.Na.H/c8-12(9,10)6-2-4-7-3-1-5-11-7;;/h1,3,5H,2,4,6H2,(H,8,9,10);;/q;+1;-1. The molecule has 0 amide bonds. The molecule has 0 aliphatic rings. The minimum absolute atomic E-state index is 0. The molecule has 0 spiro atoms. The van der Waals surface area contributed by atoms with Crippen LogP contribution in [0.5, 0.6) is 0 Å². The molecule has 1 heterocycles. The zero-order valence-electron chi connectivity index (χ0n) is 8.43. The molecule has 6 heteroatoms. The Morgan fingerprint density at radius 2 is 2.23 bits per heavy atom. The Kier molecular flexibility index (Phi) is 6.45. The van der Waals surface area contributed by atoms with Gasteiger partial charge >= 0.3 is 29.6 Å². The van der Waals surface area contributed by atoms with Gasteiger partial charge in [-0.25, -0.2) is 0 Å². The fraction of sp³-hybridized carbons (Fsp3) is 0.429. The van der Waals surface area contributed by atoms with Gasteiger partial charge in [0.15, 0.2) is 0 Å². The summed E-state index contributed by atoms with van der Waals surface area (Å²) in [6, 6.07) is 3.88. The molecule has 0 aliphatic heterocycles. The summed E-state index contributed by atoms with van der Waals surface area (Å²) in [6.45, 7) is 0. The first kappa shape index (κ1) is 13.6. The summed E-state index contributed by atoms with van der Waals surface area (Å²) in [6.07, 6.45) is 1.21. The maximum atomic E-state index is 10.3. The summed E-state index contributed by atoms with van der Waals surface area (Å²) in [5.41, 5.74) is 0. The van der Waals surface area contributed by atoms with E-state index in [9.17, 15) is 8.42 Å². The minimum Gasteiger partial charge on any atom is -1.00 e. The van der Waals surface area contributed by atoms with Gasteiger partial charge in [0.05, 0.1) is 5.75 Å². The number of rotatable bonds is 4. The van der Waals surface area contributed by atoms with E-state index in [2.05, 4.69) is 0 Å². The molecule has 1 aromatic rings. The molecule has 0 atom stereocenters. The molecule has 3 nitrogen and oxygen atoms in total. The monoisotopic (exact) mass is 230 g/mol. The molecule has 0 saturated heterocycles. The van der Waals surface area contributed by atoms with E-state index in [1.807, 2.05) is 17.5 Å². The van der Waals surface area contributed by atoms with Gasteiger partial charge < -0.3 is 1.43 Å². The molecule has 0 saturated carbocycles. The second-order valence-electron chi connectivity index (χ2n) is 2.47. The average Bonchev–Trinajstić information content (AvgIpc) is 2.36. The van der Waals surface area contributed by atoms with Crippen LogP contribution >= 0.6 is 11.3 Å². The van der Waals surface area contributed by atoms with Crippen LogP contribution in [0.15, 0.2) is 17.5 Å². The summed E-state index contributed by atoms with van der Waals surface area (Å²) < 4.78 is 29.1. The Morgan fingerprint density at radius 3 is 2.69 bits per heavy atom. The van der Waals surface area contributed by atoms with Crippen LogP contribution in [0, 0.1) is 0 Å². The number of hydrogen-bond donors (Lipinski definition) is 1. The van der Waals surface area contributed by atoms with Crippen molar-refractivity contribution in [1.82, 2.24) is 0 Å². The van der Waals surface area contributed by atoms with Gasteiger partial charge in [-0.2, -0.15) is 8.42 Å². The molecule has 0 unspecified atom stereocenters. The molecule has 0 aromatic carbocycles. The fourth-order valence-electron chi connectivity index (χ4n) is 0.884. The second kappa shape index (κ2) is 6.16. The van der Waals surface area contributed by atoms with Gasteiger partial charge in [0.25, 0.3) is 10.1 Å². The Hall–Kier alpha value is 0.610. The van der Waals surface area contributed by atoms with Gasteiger partial charge in [0.2, 0.25) is 0 Å². The van der Waals surface area contributed by atoms with E-state index >= 15 is 0 Å². The molecule has 0 bridgehead atoms.